The summed E-state index contributed by atoms with van der Waals surface area (Å²) in [4.78, 5) is 14.8. The summed E-state index contributed by atoms with van der Waals surface area (Å²) in [7, 11) is 0. The fourth-order valence-electron chi connectivity index (χ4n) is 2.32. The molecule has 1 aliphatic rings. The third kappa shape index (κ3) is 3.20. The minimum Gasteiger partial charge on any atom is -0.506 e. The second-order valence-electron chi connectivity index (χ2n) is 5.50. The number of anilines is 1. The molecule has 2 aromatic carbocycles. The third-order valence-electron chi connectivity index (χ3n) is 3.81. The van der Waals surface area contributed by atoms with Crippen LogP contribution in [0.3, 0.4) is 0 Å². The van der Waals surface area contributed by atoms with E-state index in [1.165, 1.54) is 23.4 Å². The van der Waals surface area contributed by atoms with Crippen molar-refractivity contribution in [3.8, 4) is 5.75 Å². The molecule has 2 aromatic rings. The van der Waals surface area contributed by atoms with Crippen LogP contribution in [0.1, 0.15) is 16.7 Å². The van der Waals surface area contributed by atoms with Gasteiger partial charge >= 0.3 is 0 Å². The van der Waals surface area contributed by atoms with E-state index in [1.54, 1.807) is 23.1 Å². The first kappa shape index (κ1) is 17.0. The van der Waals surface area contributed by atoms with Crippen molar-refractivity contribution >= 4 is 57.6 Å². The highest BCUT2D eigenvalue weighted by molar-refractivity contribution is 8.27. The number of halogens is 1. The zero-order chi connectivity index (χ0) is 17.4. The molecule has 1 amide bonds. The number of nitrogens with zero attached hydrogens (tertiary/aromatic N) is 1. The molecule has 0 unspecified atom stereocenters. The number of benzene rings is 2. The van der Waals surface area contributed by atoms with Crippen LogP contribution in [0.15, 0.2) is 41.3 Å². The first-order valence-corrected chi connectivity index (χ1v) is 8.81. The lowest BCUT2D eigenvalue weighted by atomic mass is 10.1. The number of thiocarbonyl (C=S) groups is 1. The summed E-state index contributed by atoms with van der Waals surface area (Å²) in [5.41, 5.74) is 3.78. The highest BCUT2D eigenvalue weighted by Crippen LogP contribution is 2.37. The molecule has 0 bridgehead atoms. The Morgan fingerprint density at radius 1 is 1.17 bits per heavy atom. The highest BCUT2D eigenvalue weighted by Gasteiger charge is 2.33. The van der Waals surface area contributed by atoms with Gasteiger partial charge in [0.05, 0.1) is 15.6 Å². The Kier molecular flexibility index (Phi) is 4.67. The molecular formula is C18H14ClNO2S2. The maximum Gasteiger partial charge on any atom is 0.270 e. The molecule has 0 aliphatic carbocycles. The van der Waals surface area contributed by atoms with E-state index in [1.807, 2.05) is 32.0 Å². The molecule has 1 saturated heterocycles. The monoisotopic (exact) mass is 375 g/mol. The number of amides is 1. The number of carbonyl (C=O) groups excluding carboxylic acids is 1. The maximum absolute atomic E-state index is 12.7. The van der Waals surface area contributed by atoms with Crippen LogP contribution in [0.5, 0.6) is 5.75 Å². The molecule has 0 saturated carbocycles. The Morgan fingerprint density at radius 3 is 2.58 bits per heavy atom. The number of rotatable bonds is 2. The summed E-state index contributed by atoms with van der Waals surface area (Å²) in [5.74, 6) is -0.144. The van der Waals surface area contributed by atoms with Gasteiger partial charge in [-0.1, -0.05) is 47.7 Å². The molecule has 0 radical (unpaired) electrons. The number of hydrogen-bond acceptors (Lipinski definition) is 4. The number of aryl methyl sites for hydroxylation is 2. The number of phenolic OH excluding ortho intramolecular Hbond substituents is 1. The van der Waals surface area contributed by atoms with Gasteiger partial charge < -0.3 is 5.11 Å². The quantitative estimate of drug-likeness (QED) is 0.587. The summed E-state index contributed by atoms with van der Waals surface area (Å²) < 4.78 is 0.499. The van der Waals surface area contributed by atoms with Crippen molar-refractivity contribution in [2.45, 2.75) is 13.8 Å². The molecule has 1 heterocycles. The molecule has 0 atom stereocenters. The second-order valence-corrected chi connectivity index (χ2v) is 7.58. The summed E-state index contributed by atoms with van der Waals surface area (Å²) >= 11 is 12.5. The lowest BCUT2D eigenvalue weighted by Gasteiger charge is -2.15. The summed E-state index contributed by atoms with van der Waals surface area (Å²) in [5, 5.41) is 9.73. The Bertz CT molecular complexity index is 893. The minimum atomic E-state index is -0.155. The Hall–Kier alpha value is -1.82. The van der Waals surface area contributed by atoms with E-state index in [9.17, 15) is 9.90 Å². The van der Waals surface area contributed by atoms with Crippen molar-refractivity contribution in [2.24, 2.45) is 0 Å². The van der Waals surface area contributed by atoms with Crippen LogP contribution in [-0.4, -0.2) is 15.3 Å². The van der Waals surface area contributed by atoms with E-state index in [0.29, 0.717) is 9.23 Å². The molecule has 0 aromatic heterocycles. The Labute approximate surface area is 154 Å². The number of carbonyl (C=O) groups is 1. The maximum atomic E-state index is 12.7. The predicted molar refractivity (Wildman–Crippen MR) is 105 cm³/mol. The van der Waals surface area contributed by atoms with Crippen LogP contribution in [-0.2, 0) is 4.79 Å². The van der Waals surface area contributed by atoms with Gasteiger partial charge in [-0.2, -0.15) is 0 Å². The van der Waals surface area contributed by atoms with E-state index in [-0.39, 0.29) is 16.7 Å². The van der Waals surface area contributed by atoms with E-state index in [2.05, 4.69) is 0 Å². The van der Waals surface area contributed by atoms with Crippen LogP contribution < -0.4 is 4.90 Å². The van der Waals surface area contributed by atoms with Crippen LogP contribution in [0.2, 0.25) is 5.02 Å². The van der Waals surface area contributed by atoms with Gasteiger partial charge in [0.15, 0.2) is 4.32 Å². The first-order chi connectivity index (χ1) is 11.4. The fraction of sp³-hybridized carbons (Fsp3) is 0.111. The van der Waals surface area contributed by atoms with Crippen molar-refractivity contribution in [1.82, 2.24) is 0 Å². The van der Waals surface area contributed by atoms with Crippen LogP contribution in [0, 0.1) is 13.8 Å². The average Bonchev–Trinajstić information content (AvgIpc) is 2.80. The van der Waals surface area contributed by atoms with Gasteiger partial charge in [-0.25, -0.2) is 0 Å². The van der Waals surface area contributed by atoms with Crippen molar-refractivity contribution < 1.29 is 9.90 Å². The van der Waals surface area contributed by atoms with E-state index >= 15 is 0 Å². The Morgan fingerprint density at radius 2 is 1.92 bits per heavy atom. The lowest BCUT2D eigenvalue weighted by Crippen LogP contribution is -2.27. The van der Waals surface area contributed by atoms with E-state index in [0.717, 1.165) is 16.8 Å². The molecule has 1 aliphatic heterocycles. The SMILES string of the molecule is Cc1ccc(N2C(=O)/C(=C\c3ccc(O)c(Cl)c3)SC2=S)cc1C. The van der Waals surface area contributed by atoms with Gasteiger partial charge in [0.2, 0.25) is 0 Å². The van der Waals surface area contributed by atoms with Crippen molar-refractivity contribution in [3.63, 3.8) is 0 Å². The molecule has 1 fully saturated rings. The highest BCUT2D eigenvalue weighted by atomic mass is 35.5. The van der Waals surface area contributed by atoms with Crippen molar-refractivity contribution in [3.05, 3.63) is 63.0 Å². The van der Waals surface area contributed by atoms with Crippen molar-refractivity contribution in [1.29, 1.82) is 0 Å². The van der Waals surface area contributed by atoms with Gasteiger partial charge in [0.1, 0.15) is 5.75 Å². The lowest BCUT2D eigenvalue weighted by molar-refractivity contribution is -0.113. The molecular weight excluding hydrogens is 362 g/mol. The van der Waals surface area contributed by atoms with E-state index in [4.69, 9.17) is 23.8 Å². The number of phenols is 1. The normalized spacial score (nSPS) is 16.3. The molecule has 122 valence electrons. The van der Waals surface area contributed by atoms with Gasteiger partial charge in [0.25, 0.3) is 5.91 Å². The predicted octanol–water partition coefficient (Wildman–Crippen LogP) is 5.07. The largest absolute Gasteiger partial charge is 0.506 e. The summed E-state index contributed by atoms with van der Waals surface area (Å²) in [6.07, 6.45) is 1.73. The molecule has 0 spiro atoms. The number of hydrogen-bond donors (Lipinski definition) is 1. The molecule has 3 rings (SSSR count). The number of thioether (sulfide) groups is 1. The average molecular weight is 376 g/mol. The minimum absolute atomic E-state index is 0.0106. The molecule has 3 nitrogen and oxygen atoms in total. The zero-order valence-corrected chi connectivity index (χ0v) is 15.4. The second kappa shape index (κ2) is 6.59. The van der Waals surface area contributed by atoms with Crippen LogP contribution in [0.4, 0.5) is 5.69 Å². The fourth-order valence-corrected chi connectivity index (χ4v) is 3.81. The van der Waals surface area contributed by atoms with E-state index < -0.39 is 0 Å². The third-order valence-corrected chi connectivity index (χ3v) is 5.42. The topological polar surface area (TPSA) is 40.5 Å². The van der Waals surface area contributed by atoms with Gasteiger partial charge in [0, 0.05) is 0 Å². The molecule has 24 heavy (non-hydrogen) atoms. The van der Waals surface area contributed by atoms with Gasteiger partial charge in [-0.3, -0.25) is 9.69 Å². The van der Waals surface area contributed by atoms with Crippen LogP contribution in [0.25, 0.3) is 6.08 Å². The summed E-state index contributed by atoms with van der Waals surface area (Å²) in [6.45, 7) is 4.03. The molecule has 6 heteroatoms. The van der Waals surface area contributed by atoms with Crippen LogP contribution >= 0.6 is 35.6 Å². The molecule has 1 N–H and O–H groups in total. The van der Waals surface area contributed by atoms with Gasteiger partial charge in [-0.05, 0) is 60.9 Å². The van der Waals surface area contributed by atoms with Crippen molar-refractivity contribution in [2.75, 3.05) is 4.90 Å². The smallest absolute Gasteiger partial charge is 0.270 e. The summed E-state index contributed by atoms with van der Waals surface area (Å²) in [6, 6.07) is 10.6. The number of aromatic hydroxyl groups is 1. The zero-order valence-electron chi connectivity index (χ0n) is 13.0. The standard InChI is InChI=1S/C18H14ClNO2S2/c1-10-3-5-13(7-11(10)2)20-17(22)16(24-18(20)23)9-12-4-6-15(21)14(19)8-12/h3-9,21H,1-2H3/b16-9+. The van der Waals surface area contributed by atoms with Gasteiger partial charge in [-0.15, -0.1) is 0 Å². The first-order valence-electron chi connectivity index (χ1n) is 7.20. The Balaban J connectivity index is 1.94.